The number of benzene rings is 1. The first-order valence-corrected chi connectivity index (χ1v) is 8.99. The maximum atomic E-state index is 12.8. The maximum absolute atomic E-state index is 12.8. The highest BCUT2D eigenvalue weighted by atomic mass is 16.2. The van der Waals surface area contributed by atoms with Gasteiger partial charge in [0.25, 0.3) is 5.91 Å². The van der Waals surface area contributed by atoms with Crippen molar-refractivity contribution in [2.45, 2.75) is 39.3 Å². The lowest BCUT2D eigenvalue weighted by atomic mass is 10.1. The van der Waals surface area contributed by atoms with Crippen LogP contribution in [-0.2, 0) is 11.3 Å². The van der Waals surface area contributed by atoms with Crippen molar-refractivity contribution in [3.8, 4) is 0 Å². The molecule has 0 radical (unpaired) electrons. The monoisotopic (exact) mass is 352 g/mol. The summed E-state index contributed by atoms with van der Waals surface area (Å²) in [7, 11) is 0. The molecule has 1 aromatic heterocycles. The van der Waals surface area contributed by atoms with E-state index >= 15 is 0 Å². The number of carbonyl (C=O) groups excluding carboxylic acids is 2. The molecule has 1 saturated heterocycles. The first kappa shape index (κ1) is 18.0. The Kier molecular flexibility index (Phi) is 5.61. The molecule has 0 bridgehead atoms. The molecule has 0 saturated carbocycles. The van der Waals surface area contributed by atoms with Crippen molar-refractivity contribution >= 4 is 11.8 Å². The highest BCUT2D eigenvalue weighted by Gasteiger charge is 2.31. The predicted molar refractivity (Wildman–Crippen MR) is 98.4 cm³/mol. The molecule has 1 aromatic carbocycles. The van der Waals surface area contributed by atoms with Crippen LogP contribution in [-0.4, -0.2) is 50.7 Å². The number of carbonyl (C=O) groups is 2. The third-order valence-corrected chi connectivity index (χ3v) is 4.74. The fourth-order valence-corrected chi connectivity index (χ4v) is 3.22. The molecule has 0 N–H and O–H groups in total. The average Bonchev–Trinajstić information content (AvgIpc) is 2.82. The zero-order valence-corrected chi connectivity index (χ0v) is 15.3. The van der Waals surface area contributed by atoms with E-state index in [9.17, 15) is 9.59 Å². The number of rotatable bonds is 4. The van der Waals surface area contributed by atoms with Gasteiger partial charge >= 0.3 is 0 Å². The van der Waals surface area contributed by atoms with Gasteiger partial charge in [0, 0.05) is 38.3 Å². The molecule has 2 aromatic rings. The van der Waals surface area contributed by atoms with Crippen molar-refractivity contribution in [2.24, 2.45) is 0 Å². The van der Waals surface area contributed by atoms with Gasteiger partial charge in [-0.15, -0.1) is 0 Å². The minimum Gasteiger partial charge on any atom is -0.335 e. The van der Waals surface area contributed by atoms with Crippen molar-refractivity contribution in [3.05, 3.63) is 59.7 Å². The Hall–Kier alpha value is -2.76. The highest BCUT2D eigenvalue weighted by molar-refractivity contribution is 5.92. The van der Waals surface area contributed by atoms with Crippen molar-refractivity contribution < 1.29 is 9.59 Å². The summed E-state index contributed by atoms with van der Waals surface area (Å²) in [4.78, 5) is 37.5. The smallest absolute Gasteiger partial charge is 0.274 e. The highest BCUT2D eigenvalue weighted by Crippen LogP contribution is 2.19. The molecule has 1 atom stereocenters. The zero-order chi connectivity index (χ0) is 18.5. The molecule has 6 heteroatoms. The molecule has 2 heterocycles. The van der Waals surface area contributed by atoms with Crippen molar-refractivity contribution in [1.82, 2.24) is 19.8 Å². The summed E-state index contributed by atoms with van der Waals surface area (Å²) in [5.74, 6) is -0.0729. The van der Waals surface area contributed by atoms with E-state index in [2.05, 4.69) is 16.9 Å². The van der Waals surface area contributed by atoms with Gasteiger partial charge in [-0.05, 0) is 18.9 Å². The Morgan fingerprint density at radius 1 is 1.19 bits per heavy atom. The van der Waals surface area contributed by atoms with E-state index in [0.29, 0.717) is 31.7 Å². The number of hydrogen-bond acceptors (Lipinski definition) is 4. The molecular weight excluding hydrogens is 328 g/mol. The van der Waals surface area contributed by atoms with Crippen LogP contribution in [0.3, 0.4) is 0 Å². The normalized spacial score (nSPS) is 17.9. The van der Waals surface area contributed by atoms with Crippen LogP contribution in [0.2, 0.25) is 0 Å². The maximum Gasteiger partial charge on any atom is 0.274 e. The fourth-order valence-electron chi connectivity index (χ4n) is 3.22. The summed E-state index contributed by atoms with van der Waals surface area (Å²) >= 11 is 0. The SMILES string of the molecule is CC[C@@H]1CN(C(=O)c2cnc(C)cn2)CCC(=O)N1Cc1ccccc1. The second-order valence-electron chi connectivity index (χ2n) is 6.61. The summed E-state index contributed by atoms with van der Waals surface area (Å²) in [6.45, 7) is 5.39. The van der Waals surface area contributed by atoms with Crippen LogP contribution in [0, 0.1) is 6.92 Å². The molecule has 6 nitrogen and oxygen atoms in total. The molecule has 0 aliphatic carbocycles. The third kappa shape index (κ3) is 4.07. The number of amides is 2. The van der Waals surface area contributed by atoms with Gasteiger partial charge in [0.2, 0.25) is 5.91 Å². The standard InChI is InChI=1S/C20H24N4O2/c1-3-17-14-23(20(26)18-12-21-15(2)11-22-18)10-9-19(25)24(17)13-16-7-5-4-6-8-16/h4-8,11-12,17H,3,9-10,13-14H2,1-2H3/t17-/m1/s1. The predicted octanol–water partition coefficient (Wildman–Crippen LogP) is 2.44. The summed E-state index contributed by atoms with van der Waals surface area (Å²) in [6, 6.07) is 9.96. The van der Waals surface area contributed by atoms with Crippen LogP contribution >= 0.6 is 0 Å². The van der Waals surface area contributed by atoms with Gasteiger partial charge < -0.3 is 9.80 Å². The van der Waals surface area contributed by atoms with E-state index in [1.54, 1.807) is 11.1 Å². The van der Waals surface area contributed by atoms with Crippen molar-refractivity contribution in [3.63, 3.8) is 0 Å². The topological polar surface area (TPSA) is 66.4 Å². The van der Waals surface area contributed by atoms with Gasteiger partial charge in [0.05, 0.1) is 11.9 Å². The fraction of sp³-hybridized carbons (Fsp3) is 0.400. The number of nitrogens with zero attached hydrogens (tertiary/aromatic N) is 4. The van der Waals surface area contributed by atoms with Crippen LogP contribution < -0.4 is 0 Å². The number of aromatic nitrogens is 2. The molecular formula is C20H24N4O2. The van der Waals surface area contributed by atoms with Gasteiger partial charge in [0.15, 0.2) is 0 Å². The number of aryl methyl sites for hydroxylation is 1. The Bertz CT molecular complexity index is 761. The summed E-state index contributed by atoms with van der Waals surface area (Å²) in [6.07, 6.45) is 4.22. The Morgan fingerprint density at radius 2 is 1.96 bits per heavy atom. The van der Waals surface area contributed by atoms with Crippen LogP contribution in [0.5, 0.6) is 0 Å². The Labute approximate surface area is 153 Å². The molecule has 2 amide bonds. The summed E-state index contributed by atoms with van der Waals surface area (Å²) in [5, 5.41) is 0. The molecule has 136 valence electrons. The Balaban J connectivity index is 1.77. The van der Waals surface area contributed by atoms with Crippen LogP contribution in [0.25, 0.3) is 0 Å². The van der Waals surface area contributed by atoms with Crippen LogP contribution in [0.4, 0.5) is 0 Å². The lowest BCUT2D eigenvalue weighted by Crippen LogP contribution is -2.44. The lowest BCUT2D eigenvalue weighted by molar-refractivity contribution is -0.133. The molecule has 1 fully saturated rings. The van der Waals surface area contributed by atoms with Gasteiger partial charge in [-0.1, -0.05) is 37.3 Å². The zero-order valence-electron chi connectivity index (χ0n) is 15.3. The lowest BCUT2D eigenvalue weighted by Gasteiger charge is -2.31. The molecule has 26 heavy (non-hydrogen) atoms. The summed E-state index contributed by atoms with van der Waals surface area (Å²) < 4.78 is 0. The van der Waals surface area contributed by atoms with Gasteiger partial charge in [-0.25, -0.2) is 4.98 Å². The van der Waals surface area contributed by atoms with E-state index in [0.717, 1.165) is 17.7 Å². The molecule has 3 rings (SSSR count). The largest absolute Gasteiger partial charge is 0.335 e. The van der Waals surface area contributed by atoms with Crippen molar-refractivity contribution in [1.29, 1.82) is 0 Å². The molecule has 0 spiro atoms. The van der Waals surface area contributed by atoms with E-state index in [-0.39, 0.29) is 17.9 Å². The first-order valence-electron chi connectivity index (χ1n) is 8.99. The van der Waals surface area contributed by atoms with E-state index < -0.39 is 0 Å². The van der Waals surface area contributed by atoms with E-state index in [4.69, 9.17) is 0 Å². The van der Waals surface area contributed by atoms with Crippen LogP contribution in [0.1, 0.15) is 41.5 Å². The molecule has 0 unspecified atom stereocenters. The van der Waals surface area contributed by atoms with Gasteiger partial charge in [-0.2, -0.15) is 0 Å². The minimum atomic E-state index is -0.162. The molecule has 1 aliphatic heterocycles. The molecule has 1 aliphatic rings. The number of hydrogen-bond donors (Lipinski definition) is 0. The van der Waals surface area contributed by atoms with Gasteiger partial charge in [-0.3, -0.25) is 14.6 Å². The average molecular weight is 352 g/mol. The second kappa shape index (κ2) is 8.08. The minimum absolute atomic E-state index is 0.00689. The van der Waals surface area contributed by atoms with Gasteiger partial charge in [0.1, 0.15) is 5.69 Å². The summed E-state index contributed by atoms with van der Waals surface area (Å²) in [5.41, 5.74) is 2.20. The van der Waals surface area contributed by atoms with E-state index in [1.807, 2.05) is 42.2 Å². The Morgan fingerprint density at radius 3 is 2.62 bits per heavy atom. The van der Waals surface area contributed by atoms with Crippen LogP contribution in [0.15, 0.2) is 42.7 Å². The second-order valence-corrected chi connectivity index (χ2v) is 6.61. The quantitative estimate of drug-likeness (QED) is 0.848. The van der Waals surface area contributed by atoms with Crippen molar-refractivity contribution in [2.75, 3.05) is 13.1 Å². The first-order chi connectivity index (χ1) is 12.6. The third-order valence-electron chi connectivity index (χ3n) is 4.74. The van der Waals surface area contributed by atoms with E-state index in [1.165, 1.54) is 6.20 Å².